The summed E-state index contributed by atoms with van der Waals surface area (Å²) in [6, 6.07) is 23.1. The van der Waals surface area contributed by atoms with Crippen molar-refractivity contribution in [1.82, 2.24) is 40.3 Å². The molecular formula is C68H82ClFN10O10S. The quantitative estimate of drug-likeness (QED) is 0.0243. The third-order valence-electron chi connectivity index (χ3n) is 17.3. The Morgan fingerprint density at radius 2 is 1.47 bits per heavy atom. The molecule has 4 amide bonds. The van der Waals surface area contributed by atoms with E-state index in [0.717, 1.165) is 77.7 Å². The molecule has 5 aromatic carbocycles. The zero-order valence-corrected chi connectivity index (χ0v) is 53.6. The van der Waals surface area contributed by atoms with Gasteiger partial charge in [0.1, 0.15) is 40.5 Å². The van der Waals surface area contributed by atoms with E-state index in [4.69, 9.17) is 45.3 Å². The van der Waals surface area contributed by atoms with E-state index in [1.807, 2.05) is 71.3 Å². The Kier molecular flexibility index (Phi) is 23.4. The predicted molar refractivity (Wildman–Crippen MR) is 353 cm³/mol. The first kappa shape index (κ1) is 66.4. The molecule has 0 spiro atoms. The zero-order valence-electron chi connectivity index (χ0n) is 52.1. The van der Waals surface area contributed by atoms with Crippen LogP contribution in [-0.2, 0) is 38.1 Å². The predicted octanol–water partition coefficient (Wildman–Crippen LogP) is 9.80. The highest BCUT2D eigenvalue weighted by molar-refractivity contribution is 7.10. The van der Waals surface area contributed by atoms with Gasteiger partial charge in [-0.05, 0) is 104 Å². The van der Waals surface area contributed by atoms with Crippen LogP contribution in [0, 0.1) is 11.7 Å². The van der Waals surface area contributed by atoms with Crippen molar-refractivity contribution >= 4 is 90.8 Å². The van der Waals surface area contributed by atoms with Crippen molar-refractivity contribution in [2.75, 3.05) is 130 Å². The van der Waals surface area contributed by atoms with E-state index < -0.39 is 17.9 Å². The van der Waals surface area contributed by atoms with Crippen molar-refractivity contribution in [3.05, 3.63) is 113 Å². The highest BCUT2D eigenvalue weighted by atomic mass is 35.5. The molecule has 4 heterocycles. The number of phenols is 1. The molecular weight excluding hydrogens is 1200 g/mol. The van der Waals surface area contributed by atoms with Crippen LogP contribution in [0.25, 0.3) is 54.8 Å². The van der Waals surface area contributed by atoms with E-state index in [9.17, 15) is 24.3 Å². The van der Waals surface area contributed by atoms with Gasteiger partial charge in [-0.15, -0.1) is 11.3 Å². The molecule has 3 fully saturated rings. The number of hydrogen-bond donors (Lipinski definition) is 4. The topological polar surface area (TPSA) is 222 Å². The number of aromatic nitrogens is 3. The van der Waals surface area contributed by atoms with Crippen LogP contribution >= 0.6 is 22.9 Å². The Bertz CT molecular complexity index is 3680. The first-order valence-electron chi connectivity index (χ1n) is 31.6. The van der Waals surface area contributed by atoms with Crippen LogP contribution in [0.4, 0.5) is 16.2 Å². The summed E-state index contributed by atoms with van der Waals surface area (Å²) in [6.07, 6.45) is 8.27. The number of carbonyl (C=O) groups is 4. The number of thiazole rings is 1. The number of likely N-dealkylation sites (N-methyl/N-ethyl adjacent to an activating group) is 2. The summed E-state index contributed by atoms with van der Waals surface area (Å²) in [7, 11) is 3.46. The number of phenolic OH excluding ortho intramolecular Hbond substituents is 1. The Morgan fingerprint density at radius 3 is 2.19 bits per heavy atom. The van der Waals surface area contributed by atoms with Gasteiger partial charge < -0.3 is 64.3 Å². The number of piperazine rings is 1. The molecule has 2 aliphatic heterocycles. The monoisotopic (exact) mass is 1280 g/mol. The molecule has 0 bridgehead atoms. The van der Waals surface area contributed by atoms with Gasteiger partial charge in [0.25, 0.3) is 0 Å². The normalized spacial score (nSPS) is 16.1. The van der Waals surface area contributed by atoms with Crippen LogP contribution in [0.5, 0.6) is 11.5 Å². The molecule has 2 saturated heterocycles. The number of rotatable bonds is 30. The van der Waals surface area contributed by atoms with Crippen molar-refractivity contribution in [3.8, 4) is 33.9 Å². The molecule has 484 valence electrons. The number of likely N-dealkylation sites (tertiary alicyclic amines) is 1. The van der Waals surface area contributed by atoms with Crippen molar-refractivity contribution in [2.45, 2.75) is 76.4 Å². The lowest BCUT2D eigenvalue weighted by atomic mass is 9.83. The minimum Gasteiger partial charge on any atom is -0.508 e. The maximum absolute atomic E-state index is 17.0. The van der Waals surface area contributed by atoms with Gasteiger partial charge in [0.15, 0.2) is 5.82 Å². The Balaban J connectivity index is 0.614. The van der Waals surface area contributed by atoms with E-state index in [0.29, 0.717) is 126 Å². The molecule has 3 atom stereocenters. The number of halogens is 2. The number of amides is 4. The van der Waals surface area contributed by atoms with Gasteiger partial charge in [-0.2, -0.15) is 4.98 Å². The lowest BCUT2D eigenvalue weighted by Crippen LogP contribution is -2.55. The van der Waals surface area contributed by atoms with Crippen LogP contribution in [0.2, 0.25) is 5.02 Å². The molecule has 20 nitrogen and oxygen atoms in total. The van der Waals surface area contributed by atoms with Gasteiger partial charge in [-0.25, -0.2) is 14.4 Å². The Labute approximate surface area is 539 Å². The van der Waals surface area contributed by atoms with Crippen LogP contribution in [0.1, 0.15) is 69.3 Å². The lowest BCUT2D eigenvalue weighted by Gasteiger charge is -2.35. The highest BCUT2D eigenvalue weighted by Gasteiger charge is 2.40. The van der Waals surface area contributed by atoms with Crippen LogP contribution in [-0.4, -0.2) is 190 Å². The second-order valence-electron chi connectivity index (χ2n) is 23.1. The molecule has 1 saturated carbocycles. The molecule has 2 aromatic heterocycles. The average molecular weight is 1290 g/mol. The summed E-state index contributed by atoms with van der Waals surface area (Å²) in [5, 5.41) is 26.8. The first-order chi connectivity index (χ1) is 44.3. The molecule has 91 heavy (non-hydrogen) atoms. The molecule has 23 heteroatoms. The van der Waals surface area contributed by atoms with E-state index in [1.165, 1.54) is 12.1 Å². The molecule has 0 unspecified atom stereocenters. The molecule has 0 radical (unpaired) electrons. The molecule has 10 rings (SSSR count). The van der Waals surface area contributed by atoms with Gasteiger partial charge in [0.05, 0.1) is 75.7 Å². The number of hydrogen-bond acceptors (Lipinski definition) is 17. The fraction of sp³-hybridized carbons (Fsp3) is 0.456. The molecule has 1 aliphatic carbocycles. The van der Waals surface area contributed by atoms with E-state index in [2.05, 4.69) is 39.0 Å². The van der Waals surface area contributed by atoms with Gasteiger partial charge in [-0.1, -0.05) is 86.0 Å². The summed E-state index contributed by atoms with van der Waals surface area (Å²) in [5.41, 5.74) is 2.34. The summed E-state index contributed by atoms with van der Waals surface area (Å²) >= 11 is 8.48. The number of nitrogens with zero attached hydrogens (tertiary/aromatic N) is 7. The number of ether oxygens (including phenoxy) is 5. The van der Waals surface area contributed by atoms with Crippen LogP contribution < -0.4 is 25.6 Å². The number of aromatic hydroxyl groups is 1. The fourth-order valence-corrected chi connectivity index (χ4v) is 13.5. The summed E-state index contributed by atoms with van der Waals surface area (Å²) in [4.78, 5) is 74.9. The average Bonchev–Trinajstić information content (AvgIpc) is 1.25. The van der Waals surface area contributed by atoms with E-state index in [-0.39, 0.29) is 76.4 Å². The highest BCUT2D eigenvalue weighted by Crippen LogP contribution is 2.44. The Hall–Kier alpha value is -7.57. The minimum absolute atomic E-state index is 0.00167. The first-order valence-corrected chi connectivity index (χ1v) is 32.8. The third kappa shape index (κ3) is 16.4. The number of carbonyl (C=O) groups excluding carboxylic acids is 4. The summed E-state index contributed by atoms with van der Waals surface area (Å²) in [5.74, 6) is 0.219. The van der Waals surface area contributed by atoms with Crippen molar-refractivity contribution in [1.29, 1.82) is 0 Å². The number of fused-ring (bicyclic) bond motifs is 3. The smallest absolute Gasteiger partial charge is 0.246 e. The van der Waals surface area contributed by atoms with Crippen LogP contribution in [0.15, 0.2) is 96.9 Å². The van der Waals surface area contributed by atoms with Gasteiger partial charge in [0, 0.05) is 86.6 Å². The second kappa shape index (κ2) is 32.1. The van der Waals surface area contributed by atoms with Crippen molar-refractivity contribution in [2.24, 2.45) is 5.92 Å². The maximum Gasteiger partial charge on any atom is 0.246 e. The van der Waals surface area contributed by atoms with Crippen LogP contribution in [0.3, 0.4) is 0 Å². The molecule has 4 N–H and O–H groups in total. The van der Waals surface area contributed by atoms with Crippen molar-refractivity contribution in [3.63, 3.8) is 0 Å². The maximum atomic E-state index is 17.0. The second-order valence-corrected chi connectivity index (χ2v) is 24.4. The fourth-order valence-electron chi connectivity index (χ4n) is 12.2. The van der Waals surface area contributed by atoms with Gasteiger partial charge >= 0.3 is 0 Å². The largest absolute Gasteiger partial charge is 0.508 e. The molecule has 7 aromatic rings. The lowest BCUT2D eigenvalue weighted by molar-refractivity contribution is -0.139. The number of nitrogens with one attached hydrogen (secondary N) is 3. The summed E-state index contributed by atoms with van der Waals surface area (Å²) in [6.45, 7) is 11.5. The Morgan fingerprint density at radius 1 is 0.791 bits per heavy atom. The van der Waals surface area contributed by atoms with E-state index >= 15 is 4.39 Å². The molecule has 3 aliphatic rings. The van der Waals surface area contributed by atoms with Gasteiger partial charge in [0.2, 0.25) is 29.6 Å². The summed E-state index contributed by atoms with van der Waals surface area (Å²) < 4.78 is 46.2. The number of anilines is 2. The van der Waals surface area contributed by atoms with Gasteiger partial charge in [-0.3, -0.25) is 19.2 Å². The van der Waals surface area contributed by atoms with Crippen molar-refractivity contribution < 1.29 is 52.4 Å². The minimum atomic E-state index is -0.688. The third-order valence-corrected chi connectivity index (χ3v) is 18.5. The standard InChI is InChI=1S/C68H82ClFN10O10S/c1-5-58(82)78-26-28-79(29-27-78)64-53-42-54(69)60(52-41-47(81)40-46-16-9-10-17-48(46)52)61(70)63(53)75-68(76-64)72-24-23-59(83)77(4)30-31-86-32-33-87-34-35-88-36-37-89-38-39-90-57-22-21-50(49-18-11-12-19-51(49)57)55-43-91-66(73-55)56-20-13-25-80(56)67(85)62(45-14-7-6-8-15-45)74-65(84)44(2)71-3/h5,9-12,16-19,21-22,40-45,56,62,71,81H,1,6-8,13-15,20,23-39H2,2-4H3,(H,74,84)(H,72,75,76)/t44-,56-,62-/m0/s1. The SMILES string of the molecule is C=CC(=O)N1CCN(c2nc(NCCC(=O)N(C)CCOCCOCCOCCOCCOc3ccc(-c4csc([C@@H]5CCCN5C(=O)[C@@H](NC(=O)[C@H](C)NC)C5CCCCC5)n4)c4ccccc34)nc3c(F)c(-c4cc(O)cc5ccccc45)c(Cl)cc23)CC1. The van der Waals surface area contributed by atoms with E-state index in [1.54, 1.807) is 47.4 Å². The number of benzene rings is 5. The zero-order chi connectivity index (χ0) is 63.8.